The fourth-order valence-corrected chi connectivity index (χ4v) is 1.95. The molecule has 1 unspecified atom stereocenters. The van der Waals surface area contributed by atoms with Crippen molar-refractivity contribution in [3.05, 3.63) is 22.9 Å². The Kier molecular flexibility index (Phi) is 2.52. The van der Waals surface area contributed by atoms with Gasteiger partial charge in [-0.1, -0.05) is 0 Å². The largest absolute Gasteiger partial charge is 0.379 e. The molecule has 17 heavy (non-hydrogen) atoms. The lowest BCUT2D eigenvalue weighted by molar-refractivity contribution is 0.0875. The van der Waals surface area contributed by atoms with E-state index in [1.807, 2.05) is 0 Å². The number of aromatic nitrogens is 4. The molecule has 3 rings (SSSR count). The Morgan fingerprint density at radius 3 is 3.35 bits per heavy atom. The summed E-state index contributed by atoms with van der Waals surface area (Å²) in [4.78, 5) is 15.4. The summed E-state index contributed by atoms with van der Waals surface area (Å²) < 4.78 is 6.74. The number of aromatic amines is 1. The summed E-state index contributed by atoms with van der Waals surface area (Å²) in [6.45, 7) is 1.53. The molecule has 0 saturated carbocycles. The molecule has 1 aliphatic heterocycles. The Hall–Kier alpha value is -1.89. The van der Waals surface area contributed by atoms with Crippen LogP contribution in [-0.4, -0.2) is 38.8 Å². The van der Waals surface area contributed by atoms with E-state index in [4.69, 9.17) is 4.74 Å². The fraction of sp³-hybridized carbons (Fsp3) is 0.500. The molecule has 2 aromatic heterocycles. The Balaban J connectivity index is 1.82. The SMILES string of the molecule is O=c1[nH]nc2cc(NC3CCCOC3)ncn12. The highest BCUT2D eigenvalue weighted by molar-refractivity contribution is 5.48. The van der Waals surface area contributed by atoms with E-state index in [1.54, 1.807) is 6.07 Å². The average molecular weight is 235 g/mol. The van der Waals surface area contributed by atoms with Crippen LogP contribution in [-0.2, 0) is 4.74 Å². The molecule has 7 heteroatoms. The number of hydrogen-bond donors (Lipinski definition) is 2. The van der Waals surface area contributed by atoms with Gasteiger partial charge in [-0.2, -0.15) is 5.10 Å². The van der Waals surface area contributed by atoms with E-state index in [1.165, 1.54) is 10.7 Å². The van der Waals surface area contributed by atoms with Crippen LogP contribution in [0.2, 0.25) is 0 Å². The van der Waals surface area contributed by atoms with Crippen molar-refractivity contribution in [2.45, 2.75) is 18.9 Å². The second-order valence-electron chi connectivity index (χ2n) is 4.09. The van der Waals surface area contributed by atoms with Gasteiger partial charge >= 0.3 is 5.69 Å². The predicted octanol–water partition coefficient (Wildman–Crippen LogP) is 0.00850. The van der Waals surface area contributed by atoms with Crippen molar-refractivity contribution in [3.8, 4) is 0 Å². The second-order valence-corrected chi connectivity index (χ2v) is 4.09. The molecule has 0 aromatic carbocycles. The molecule has 2 aromatic rings. The summed E-state index contributed by atoms with van der Waals surface area (Å²) in [7, 11) is 0. The molecule has 2 N–H and O–H groups in total. The summed E-state index contributed by atoms with van der Waals surface area (Å²) in [5.41, 5.74) is 0.282. The highest BCUT2D eigenvalue weighted by Gasteiger charge is 2.14. The van der Waals surface area contributed by atoms with Gasteiger partial charge in [0.25, 0.3) is 0 Å². The number of nitrogens with one attached hydrogen (secondary N) is 2. The minimum absolute atomic E-state index is 0.278. The van der Waals surface area contributed by atoms with E-state index in [0.717, 1.165) is 19.4 Å². The Labute approximate surface area is 96.8 Å². The van der Waals surface area contributed by atoms with Crippen LogP contribution in [0.25, 0.3) is 5.65 Å². The maximum absolute atomic E-state index is 11.2. The Morgan fingerprint density at radius 1 is 1.59 bits per heavy atom. The van der Waals surface area contributed by atoms with Crippen LogP contribution in [0.4, 0.5) is 5.82 Å². The third-order valence-electron chi connectivity index (χ3n) is 2.82. The molecule has 90 valence electrons. The average Bonchev–Trinajstić information content (AvgIpc) is 2.72. The van der Waals surface area contributed by atoms with Crippen LogP contribution < -0.4 is 11.0 Å². The van der Waals surface area contributed by atoms with Crippen molar-refractivity contribution in [2.24, 2.45) is 0 Å². The van der Waals surface area contributed by atoms with Crippen molar-refractivity contribution in [1.82, 2.24) is 19.6 Å². The highest BCUT2D eigenvalue weighted by Crippen LogP contribution is 2.12. The van der Waals surface area contributed by atoms with Crippen LogP contribution in [0.3, 0.4) is 0 Å². The van der Waals surface area contributed by atoms with Gasteiger partial charge in [0.2, 0.25) is 0 Å². The Bertz CT molecular complexity index is 569. The molecule has 0 amide bonds. The lowest BCUT2D eigenvalue weighted by Gasteiger charge is -2.23. The fourth-order valence-electron chi connectivity index (χ4n) is 1.95. The summed E-state index contributed by atoms with van der Waals surface area (Å²) in [5.74, 6) is 0.715. The van der Waals surface area contributed by atoms with Gasteiger partial charge in [-0.3, -0.25) is 0 Å². The number of anilines is 1. The van der Waals surface area contributed by atoms with Gasteiger partial charge in [0.1, 0.15) is 12.1 Å². The normalized spacial score (nSPS) is 20.6. The van der Waals surface area contributed by atoms with Crippen LogP contribution >= 0.6 is 0 Å². The van der Waals surface area contributed by atoms with Crippen molar-refractivity contribution < 1.29 is 4.74 Å². The van der Waals surface area contributed by atoms with E-state index in [9.17, 15) is 4.79 Å². The second kappa shape index (κ2) is 4.17. The van der Waals surface area contributed by atoms with Crippen LogP contribution in [0, 0.1) is 0 Å². The molecule has 1 atom stereocenters. The van der Waals surface area contributed by atoms with Gasteiger partial charge in [0.15, 0.2) is 5.65 Å². The molecule has 0 spiro atoms. The van der Waals surface area contributed by atoms with E-state index in [-0.39, 0.29) is 11.7 Å². The van der Waals surface area contributed by atoms with Crippen LogP contribution in [0.15, 0.2) is 17.2 Å². The molecule has 1 saturated heterocycles. The minimum Gasteiger partial charge on any atom is -0.379 e. The zero-order chi connectivity index (χ0) is 11.7. The first-order chi connectivity index (χ1) is 8.33. The van der Waals surface area contributed by atoms with Crippen LogP contribution in [0.5, 0.6) is 0 Å². The van der Waals surface area contributed by atoms with E-state index < -0.39 is 0 Å². The lowest BCUT2D eigenvalue weighted by atomic mass is 10.1. The quantitative estimate of drug-likeness (QED) is 0.766. The van der Waals surface area contributed by atoms with Gasteiger partial charge in [-0.05, 0) is 12.8 Å². The predicted molar refractivity (Wildman–Crippen MR) is 61.1 cm³/mol. The van der Waals surface area contributed by atoms with E-state index in [2.05, 4.69) is 20.5 Å². The molecule has 1 fully saturated rings. The minimum atomic E-state index is -0.278. The maximum Gasteiger partial charge on any atom is 0.348 e. The van der Waals surface area contributed by atoms with Crippen molar-refractivity contribution in [3.63, 3.8) is 0 Å². The van der Waals surface area contributed by atoms with Gasteiger partial charge in [-0.15, -0.1) is 0 Å². The maximum atomic E-state index is 11.2. The summed E-state index contributed by atoms with van der Waals surface area (Å²) in [6, 6.07) is 2.02. The third kappa shape index (κ3) is 2.01. The first-order valence-electron chi connectivity index (χ1n) is 5.60. The lowest BCUT2D eigenvalue weighted by Crippen LogP contribution is -2.30. The summed E-state index contributed by atoms with van der Waals surface area (Å²) in [5, 5.41) is 9.54. The van der Waals surface area contributed by atoms with Gasteiger partial charge in [0, 0.05) is 12.7 Å². The van der Waals surface area contributed by atoms with Crippen molar-refractivity contribution >= 4 is 11.5 Å². The molecule has 0 radical (unpaired) electrons. The number of fused-ring (bicyclic) bond motifs is 1. The van der Waals surface area contributed by atoms with Crippen LogP contribution in [0.1, 0.15) is 12.8 Å². The molecule has 1 aliphatic rings. The summed E-state index contributed by atoms with van der Waals surface area (Å²) in [6.07, 6.45) is 3.59. The number of H-pyrrole nitrogens is 1. The third-order valence-corrected chi connectivity index (χ3v) is 2.82. The molecular formula is C10H13N5O2. The molecule has 0 bridgehead atoms. The molecule has 7 nitrogen and oxygen atoms in total. The first kappa shape index (κ1) is 10.3. The summed E-state index contributed by atoms with van der Waals surface area (Å²) >= 11 is 0. The van der Waals surface area contributed by atoms with Gasteiger partial charge in [0.05, 0.1) is 12.6 Å². The number of hydrogen-bond acceptors (Lipinski definition) is 5. The van der Waals surface area contributed by atoms with Gasteiger partial charge in [-0.25, -0.2) is 19.3 Å². The zero-order valence-corrected chi connectivity index (χ0v) is 9.22. The topological polar surface area (TPSA) is 84.3 Å². The molecule has 0 aliphatic carbocycles. The standard InChI is InChI=1S/C10H13N5O2/c16-10-14-13-9-4-8(11-6-15(9)10)12-7-2-1-3-17-5-7/h4,6-7,12H,1-3,5H2,(H,14,16). The van der Waals surface area contributed by atoms with Gasteiger partial charge < -0.3 is 10.1 Å². The smallest absolute Gasteiger partial charge is 0.348 e. The highest BCUT2D eigenvalue weighted by atomic mass is 16.5. The number of rotatable bonds is 2. The Morgan fingerprint density at radius 2 is 2.53 bits per heavy atom. The number of ether oxygens (including phenoxy) is 1. The number of nitrogens with zero attached hydrogens (tertiary/aromatic N) is 3. The van der Waals surface area contributed by atoms with E-state index >= 15 is 0 Å². The van der Waals surface area contributed by atoms with Crippen molar-refractivity contribution in [2.75, 3.05) is 18.5 Å². The molecular weight excluding hydrogens is 222 g/mol. The van der Waals surface area contributed by atoms with Crippen molar-refractivity contribution in [1.29, 1.82) is 0 Å². The molecule has 3 heterocycles. The van der Waals surface area contributed by atoms with E-state index in [0.29, 0.717) is 18.1 Å². The zero-order valence-electron chi connectivity index (χ0n) is 9.22. The monoisotopic (exact) mass is 235 g/mol. The first-order valence-corrected chi connectivity index (χ1v) is 5.60.